The van der Waals surface area contributed by atoms with Crippen molar-refractivity contribution >= 4 is 11.6 Å². The normalized spacial score (nSPS) is 13.2. The van der Waals surface area contributed by atoms with E-state index in [2.05, 4.69) is 15.1 Å². The summed E-state index contributed by atoms with van der Waals surface area (Å²) in [5.74, 6) is -0.245. The number of alkyl halides is 3. The second-order valence-corrected chi connectivity index (χ2v) is 4.94. The van der Waals surface area contributed by atoms with Crippen LogP contribution >= 0.6 is 0 Å². The predicted molar refractivity (Wildman–Crippen MR) is 58.9 cm³/mol. The molecule has 0 radical (unpaired) electrons. The van der Waals surface area contributed by atoms with Gasteiger partial charge in [0.05, 0.1) is 0 Å². The van der Waals surface area contributed by atoms with Crippen LogP contribution in [0, 0.1) is 0 Å². The summed E-state index contributed by atoms with van der Waals surface area (Å²) in [6.07, 6.45) is -3.46. The van der Waals surface area contributed by atoms with Crippen molar-refractivity contribution in [3.05, 3.63) is 17.6 Å². The van der Waals surface area contributed by atoms with E-state index in [-0.39, 0.29) is 17.2 Å². The Morgan fingerprint density at radius 2 is 1.83 bits per heavy atom. The van der Waals surface area contributed by atoms with E-state index in [9.17, 15) is 13.2 Å². The highest BCUT2D eigenvalue weighted by atomic mass is 19.4. The van der Waals surface area contributed by atoms with Gasteiger partial charge in [-0.25, -0.2) is 4.98 Å². The number of halogens is 3. The Labute approximate surface area is 101 Å². The summed E-state index contributed by atoms with van der Waals surface area (Å²) in [7, 11) is 0. The number of anilines is 1. The minimum Gasteiger partial charge on any atom is -0.383 e. The standard InChI is InChI=1S/C10H12F3N5/c1-9(2,3)5-6(10(11,12)13)17-8-15-4-16-18(8)7(5)14/h4H,14H2,1-3H3. The lowest BCUT2D eigenvalue weighted by atomic mass is 9.85. The van der Waals surface area contributed by atoms with Crippen LogP contribution in [0.2, 0.25) is 0 Å². The molecule has 98 valence electrons. The largest absolute Gasteiger partial charge is 0.433 e. The van der Waals surface area contributed by atoms with Crippen LogP contribution in [0.3, 0.4) is 0 Å². The van der Waals surface area contributed by atoms with Gasteiger partial charge in [0.15, 0.2) is 5.69 Å². The molecule has 0 aliphatic rings. The van der Waals surface area contributed by atoms with Crippen molar-refractivity contribution in [2.75, 3.05) is 5.73 Å². The van der Waals surface area contributed by atoms with Crippen molar-refractivity contribution in [1.82, 2.24) is 19.6 Å². The van der Waals surface area contributed by atoms with Gasteiger partial charge in [-0.15, -0.1) is 0 Å². The molecule has 0 aliphatic carbocycles. The summed E-state index contributed by atoms with van der Waals surface area (Å²) in [4.78, 5) is 7.16. The third-order valence-corrected chi connectivity index (χ3v) is 2.48. The highest BCUT2D eigenvalue weighted by Gasteiger charge is 2.40. The molecule has 2 rings (SSSR count). The molecule has 0 bridgehead atoms. The van der Waals surface area contributed by atoms with E-state index in [0.29, 0.717) is 0 Å². The van der Waals surface area contributed by atoms with E-state index in [1.54, 1.807) is 20.8 Å². The van der Waals surface area contributed by atoms with E-state index < -0.39 is 17.3 Å². The van der Waals surface area contributed by atoms with Crippen LogP contribution in [0.15, 0.2) is 6.33 Å². The second-order valence-electron chi connectivity index (χ2n) is 4.94. The van der Waals surface area contributed by atoms with Gasteiger partial charge in [-0.1, -0.05) is 20.8 Å². The number of aromatic nitrogens is 4. The number of rotatable bonds is 0. The first kappa shape index (κ1) is 12.6. The van der Waals surface area contributed by atoms with Crippen LogP contribution < -0.4 is 5.73 Å². The van der Waals surface area contributed by atoms with Gasteiger partial charge < -0.3 is 5.73 Å². The molecule has 2 aromatic rings. The van der Waals surface area contributed by atoms with Crippen molar-refractivity contribution in [2.24, 2.45) is 0 Å². The van der Waals surface area contributed by atoms with E-state index in [4.69, 9.17) is 5.73 Å². The van der Waals surface area contributed by atoms with E-state index in [1.165, 1.54) is 0 Å². The van der Waals surface area contributed by atoms with Crippen molar-refractivity contribution < 1.29 is 13.2 Å². The molecule has 0 atom stereocenters. The van der Waals surface area contributed by atoms with Crippen LogP contribution in [-0.2, 0) is 11.6 Å². The Morgan fingerprint density at radius 3 is 2.33 bits per heavy atom. The summed E-state index contributed by atoms with van der Waals surface area (Å²) in [5, 5.41) is 3.77. The number of nitrogens with two attached hydrogens (primary N) is 1. The zero-order valence-corrected chi connectivity index (χ0v) is 10.1. The number of hydrogen-bond donors (Lipinski definition) is 1. The Kier molecular flexibility index (Phi) is 2.49. The quantitative estimate of drug-likeness (QED) is 0.785. The molecular weight excluding hydrogens is 247 g/mol. The summed E-state index contributed by atoms with van der Waals surface area (Å²) in [5.41, 5.74) is 3.88. The zero-order chi connectivity index (χ0) is 13.7. The van der Waals surface area contributed by atoms with Gasteiger partial charge in [0.1, 0.15) is 12.1 Å². The third-order valence-electron chi connectivity index (χ3n) is 2.48. The number of fused-ring (bicyclic) bond motifs is 1. The third kappa shape index (κ3) is 1.87. The summed E-state index contributed by atoms with van der Waals surface area (Å²) >= 11 is 0. The number of nitrogens with zero attached hydrogens (tertiary/aromatic N) is 4. The molecule has 18 heavy (non-hydrogen) atoms. The Bertz CT molecular complexity index is 594. The fraction of sp³-hybridized carbons (Fsp3) is 0.500. The van der Waals surface area contributed by atoms with E-state index in [0.717, 1.165) is 10.8 Å². The average molecular weight is 259 g/mol. The molecule has 8 heteroatoms. The van der Waals surface area contributed by atoms with Gasteiger partial charge in [-0.2, -0.15) is 27.8 Å². The molecule has 2 aromatic heterocycles. The van der Waals surface area contributed by atoms with E-state index in [1.807, 2.05) is 0 Å². The highest BCUT2D eigenvalue weighted by Crippen LogP contribution is 2.39. The van der Waals surface area contributed by atoms with Crippen LogP contribution in [0.25, 0.3) is 5.78 Å². The molecule has 0 fully saturated rings. The predicted octanol–water partition coefficient (Wildman–Crippen LogP) is 2.02. The fourth-order valence-corrected chi connectivity index (χ4v) is 1.81. The first-order chi connectivity index (χ1) is 8.12. The monoisotopic (exact) mass is 259 g/mol. The molecule has 5 nitrogen and oxygen atoms in total. The molecule has 0 saturated heterocycles. The molecule has 2 N–H and O–H groups in total. The van der Waals surface area contributed by atoms with Crippen LogP contribution in [0.4, 0.5) is 19.0 Å². The first-order valence-electron chi connectivity index (χ1n) is 5.19. The maximum Gasteiger partial charge on any atom is 0.433 e. The second kappa shape index (κ2) is 3.56. The number of hydrogen-bond acceptors (Lipinski definition) is 4. The molecule has 0 spiro atoms. The van der Waals surface area contributed by atoms with Gasteiger partial charge >= 0.3 is 6.18 Å². The molecular formula is C10H12F3N5. The SMILES string of the molecule is CC(C)(C)c1c(C(F)(F)F)nc2ncnn2c1N. The summed E-state index contributed by atoms with van der Waals surface area (Å²) in [6, 6.07) is 0. The number of nitrogen functional groups attached to an aromatic ring is 1. The summed E-state index contributed by atoms with van der Waals surface area (Å²) < 4.78 is 40.2. The van der Waals surface area contributed by atoms with Crippen LogP contribution in [-0.4, -0.2) is 19.6 Å². The lowest BCUT2D eigenvalue weighted by Crippen LogP contribution is -2.25. The fourth-order valence-electron chi connectivity index (χ4n) is 1.81. The molecule has 0 aromatic carbocycles. The molecule has 0 aliphatic heterocycles. The van der Waals surface area contributed by atoms with Crippen molar-refractivity contribution in [3.8, 4) is 0 Å². The molecule has 2 heterocycles. The Balaban J connectivity index is 2.90. The van der Waals surface area contributed by atoms with Gasteiger partial charge in [0, 0.05) is 5.56 Å². The van der Waals surface area contributed by atoms with Crippen LogP contribution in [0.5, 0.6) is 0 Å². The first-order valence-corrected chi connectivity index (χ1v) is 5.19. The minimum atomic E-state index is -4.58. The molecule has 0 unspecified atom stereocenters. The Hall–Kier alpha value is -1.86. The van der Waals surface area contributed by atoms with Gasteiger partial charge in [-0.3, -0.25) is 0 Å². The van der Waals surface area contributed by atoms with Crippen molar-refractivity contribution in [2.45, 2.75) is 32.4 Å². The van der Waals surface area contributed by atoms with Crippen LogP contribution in [0.1, 0.15) is 32.0 Å². The Morgan fingerprint density at radius 1 is 1.22 bits per heavy atom. The van der Waals surface area contributed by atoms with E-state index >= 15 is 0 Å². The van der Waals surface area contributed by atoms with Gasteiger partial charge in [0.25, 0.3) is 5.78 Å². The van der Waals surface area contributed by atoms with Gasteiger partial charge in [0.2, 0.25) is 0 Å². The average Bonchev–Trinajstić information content (AvgIpc) is 2.61. The molecule has 0 saturated carbocycles. The topological polar surface area (TPSA) is 69.1 Å². The van der Waals surface area contributed by atoms with Crippen molar-refractivity contribution in [3.63, 3.8) is 0 Å². The lowest BCUT2D eigenvalue weighted by Gasteiger charge is -2.24. The van der Waals surface area contributed by atoms with Crippen molar-refractivity contribution in [1.29, 1.82) is 0 Å². The maximum absolute atomic E-state index is 13.0. The minimum absolute atomic E-state index is 0.0759. The smallest absolute Gasteiger partial charge is 0.383 e. The highest BCUT2D eigenvalue weighted by molar-refractivity contribution is 5.53. The maximum atomic E-state index is 13.0. The molecule has 0 amide bonds. The summed E-state index contributed by atoms with van der Waals surface area (Å²) in [6.45, 7) is 4.91. The van der Waals surface area contributed by atoms with Gasteiger partial charge in [-0.05, 0) is 5.41 Å². The zero-order valence-electron chi connectivity index (χ0n) is 10.1. The lowest BCUT2D eigenvalue weighted by molar-refractivity contribution is -0.142.